The van der Waals surface area contributed by atoms with Crippen molar-refractivity contribution >= 4 is 23.3 Å². The van der Waals surface area contributed by atoms with Gasteiger partial charge in [0, 0.05) is 11.3 Å². The molecule has 28 heavy (non-hydrogen) atoms. The molecule has 0 bridgehead atoms. The molecular formula is C21H23NO6. The van der Waals surface area contributed by atoms with Crippen LogP contribution in [0.25, 0.3) is 0 Å². The number of carbonyl (C=O) groups is 3. The Morgan fingerprint density at radius 3 is 2.32 bits per heavy atom. The molecule has 0 spiro atoms. The van der Waals surface area contributed by atoms with Crippen LogP contribution in [0.1, 0.15) is 31.1 Å². The van der Waals surface area contributed by atoms with Gasteiger partial charge in [0.25, 0.3) is 5.91 Å². The van der Waals surface area contributed by atoms with Crippen LogP contribution in [0.4, 0.5) is 5.69 Å². The molecular weight excluding hydrogens is 362 g/mol. The van der Waals surface area contributed by atoms with Gasteiger partial charge in [-0.15, -0.1) is 0 Å². The average molecular weight is 385 g/mol. The minimum Gasteiger partial charge on any atom is -0.490 e. The molecule has 0 heterocycles. The van der Waals surface area contributed by atoms with Gasteiger partial charge < -0.3 is 19.5 Å². The van der Waals surface area contributed by atoms with E-state index in [9.17, 15) is 14.4 Å². The van der Waals surface area contributed by atoms with Crippen molar-refractivity contribution in [3.05, 3.63) is 54.1 Å². The maximum Gasteiger partial charge on any atom is 0.344 e. The van der Waals surface area contributed by atoms with Gasteiger partial charge >= 0.3 is 5.97 Å². The van der Waals surface area contributed by atoms with E-state index in [1.807, 2.05) is 6.92 Å². The lowest BCUT2D eigenvalue weighted by Gasteiger charge is -2.15. The highest BCUT2D eigenvalue weighted by Crippen LogP contribution is 2.26. The smallest absolute Gasteiger partial charge is 0.344 e. The highest BCUT2D eigenvalue weighted by molar-refractivity contribution is 5.98. The summed E-state index contributed by atoms with van der Waals surface area (Å²) in [5, 5.41) is 2.61. The Hall–Kier alpha value is -3.35. The van der Waals surface area contributed by atoms with Crippen molar-refractivity contribution in [2.75, 3.05) is 18.5 Å². The second kappa shape index (κ2) is 10.1. The quantitative estimate of drug-likeness (QED) is 0.526. The highest BCUT2D eigenvalue weighted by atomic mass is 16.6. The summed E-state index contributed by atoms with van der Waals surface area (Å²) < 4.78 is 15.9. The van der Waals surface area contributed by atoms with Crippen LogP contribution in [0, 0.1) is 0 Å². The van der Waals surface area contributed by atoms with E-state index >= 15 is 0 Å². The SMILES string of the molecule is CCOc1ccccc1OCC(=O)OC(C)C(=O)Nc1cccc(C(C)=O)c1. The lowest BCUT2D eigenvalue weighted by molar-refractivity contribution is -0.155. The number of ketones is 1. The van der Waals surface area contributed by atoms with Gasteiger partial charge in [0.05, 0.1) is 6.61 Å². The van der Waals surface area contributed by atoms with Crippen LogP contribution in [0.15, 0.2) is 48.5 Å². The summed E-state index contributed by atoms with van der Waals surface area (Å²) in [5.41, 5.74) is 0.923. The fraction of sp³-hybridized carbons (Fsp3) is 0.286. The van der Waals surface area contributed by atoms with Gasteiger partial charge in [-0.2, -0.15) is 0 Å². The van der Waals surface area contributed by atoms with E-state index < -0.39 is 18.0 Å². The minimum absolute atomic E-state index is 0.111. The summed E-state index contributed by atoms with van der Waals surface area (Å²) >= 11 is 0. The van der Waals surface area contributed by atoms with Gasteiger partial charge in [-0.25, -0.2) is 4.79 Å². The molecule has 1 atom stereocenters. The first kappa shape index (κ1) is 21.0. The van der Waals surface area contributed by atoms with Gasteiger partial charge in [-0.05, 0) is 45.0 Å². The molecule has 1 N–H and O–H groups in total. The zero-order valence-corrected chi connectivity index (χ0v) is 16.1. The summed E-state index contributed by atoms with van der Waals surface area (Å²) in [7, 11) is 0. The van der Waals surface area contributed by atoms with E-state index in [1.165, 1.54) is 13.8 Å². The third-order valence-electron chi connectivity index (χ3n) is 3.71. The largest absolute Gasteiger partial charge is 0.490 e. The second-order valence-corrected chi connectivity index (χ2v) is 5.93. The molecule has 0 saturated carbocycles. The number of nitrogens with one attached hydrogen (secondary N) is 1. The first-order valence-corrected chi connectivity index (χ1v) is 8.86. The summed E-state index contributed by atoms with van der Waals surface area (Å²) in [6.45, 7) is 4.84. The van der Waals surface area contributed by atoms with Crippen LogP contribution < -0.4 is 14.8 Å². The molecule has 1 unspecified atom stereocenters. The molecule has 0 saturated heterocycles. The van der Waals surface area contributed by atoms with Crippen LogP contribution in [0.2, 0.25) is 0 Å². The van der Waals surface area contributed by atoms with Gasteiger partial charge in [0.2, 0.25) is 0 Å². The van der Waals surface area contributed by atoms with Gasteiger partial charge in [-0.3, -0.25) is 9.59 Å². The van der Waals surface area contributed by atoms with Crippen LogP contribution in [0.5, 0.6) is 11.5 Å². The maximum atomic E-state index is 12.2. The van der Waals surface area contributed by atoms with E-state index in [1.54, 1.807) is 48.5 Å². The zero-order valence-electron chi connectivity index (χ0n) is 16.1. The zero-order chi connectivity index (χ0) is 20.5. The van der Waals surface area contributed by atoms with Crippen LogP contribution >= 0.6 is 0 Å². The molecule has 0 fully saturated rings. The number of Topliss-reactive ketones (excluding diaryl/α,β-unsaturated/α-hetero) is 1. The van der Waals surface area contributed by atoms with E-state index in [-0.39, 0.29) is 12.4 Å². The summed E-state index contributed by atoms with van der Waals surface area (Å²) in [5.74, 6) is -0.372. The number of hydrogen-bond donors (Lipinski definition) is 1. The van der Waals surface area contributed by atoms with Crippen molar-refractivity contribution < 1.29 is 28.6 Å². The fourth-order valence-electron chi connectivity index (χ4n) is 2.33. The van der Waals surface area contributed by atoms with Gasteiger partial charge in [-0.1, -0.05) is 24.3 Å². The third kappa shape index (κ3) is 6.12. The molecule has 0 aliphatic heterocycles. The van der Waals surface area contributed by atoms with E-state index in [0.717, 1.165) is 0 Å². The number of ether oxygens (including phenoxy) is 3. The maximum absolute atomic E-state index is 12.2. The van der Waals surface area contributed by atoms with E-state index in [0.29, 0.717) is 29.4 Å². The number of carbonyl (C=O) groups excluding carboxylic acids is 3. The lowest BCUT2D eigenvalue weighted by atomic mass is 10.1. The number of anilines is 1. The van der Waals surface area contributed by atoms with Crippen molar-refractivity contribution in [3.8, 4) is 11.5 Å². The molecule has 1 amide bonds. The predicted molar refractivity (Wildman–Crippen MR) is 104 cm³/mol. The monoisotopic (exact) mass is 385 g/mol. The molecule has 148 valence electrons. The Morgan fingerprint density at radius 2 is 1.68 bits per heavy atom. The van der Waals surface area contributed by atoms with Crippen molar-refractivity contribution in [1.82, 2.24) is 0 Å². The first-order valence-electron chi connectivity index (χ1n) is 8.86. The lowest BCUT2D eigenvalue weighted by Crippen LogP contribution is -2.31. The molecule has 7 heteroatoms. The van der Waals surface area contributed by atoms with Crippen molar-refractivity contribution in [3.63, 3.8) is 0 Å². The molecule has 2 aromatic carbocycles. The normalized spacial score (nSPS) is 11.2. The van der Waals surface area contributed by atoms with E-state index in [4.69, 9.17) is 14.2 Å². The third-order valence-corrected chi connectivity index (χ3v) is 3.71. The first-order chi connectivity index (χ1) is 13.4. The minimum atomic E-state index is -1.03. The predicted octanol–water partition coefficient (Wildman–Crippen LogP) is 3.24. The topological polar surface area (TPSA) is 90.9 Å². The molecule has 0 aliphatic rings. The summed E-state index contributed by atoms with van der Waals surface area (Å²) in [6, 6.07) is 13.5. The fourth-order valence-corrected chi connectivity index (χ4v) is 2.33. The van der Waals surface area contributed by atoms with Crippen LogP contribution in [-0.4, -0.2) is 37.0 Å². The molecule has 2 rings (SSSR count). The summed E-state index contributed by atoms with van der Waals surface area (Å²) in [6.07, 6.45) is -1.03. The highest BCUT2D eigenvalue weighted by Gasteiger charge is 2.19. The molecule has 0 aliphatic carbocycles. The van der Waals surface area contributed by atoms with Crippen molar-refractivity contribution in [1.29, 1.82) is 0 Å². The number of esters is 1. The Bertz CT molecular complexity index is 848. The number of amides is 1. The Kier molecular flexibility index (Phi) is 7.56. The molecule has 0 radical (unpaired) electrons. The van der Waals surface area contributed by atoms with Crippen LogP contribution in [0.3, 0.4) is 0 Å². The van der Waals surface area contributed by atoms with Gasteiger partial charge in [0.15, 0.2) is 30.0 Å². The molecule has 0 aromatic heterocycles. The number of hydrogen-bond acceptors (Lipinski definition) is 6. The Balaban J connectivity index is 1.87. The number of benzene rings is 2. The van der Waals surface area contributed by atoms with Crippen molar-refractivity contribution in [2.24, 2.45) is 0 Å². The second-order valence-electron chi connectivity index (χ2n) is 5.93. The molecule has 2 aromatic rings. The number of rotatable bonds is 9. The van der Waals surface area contributed by atoms with Gasteiger partial charge in [0.1, 0.15) is 0 Å². The van der Waals surface area contributed by atoms with Crippen LogP contribution in [-0.2, 0) is 14.3 Å². The number of para-hydroxylation sites is 2. The average Bonchev–Trinajstić information content (AvgIpc) is 2.67. The Labute approximate surface area is 163 Å². The van der Waals surface area contributed by atoms with Crippen molar-refractivity contribution in [2.45, 2.75) is 26.9 Å². The molecule has 7 nitrogen and oxygen atoms in total. The van der Waals surface area contributed by atoms with E-state index in [2.05, 4.69) is 5.32 Å². The summed E-state index contributed by atoms with van der Waals surface area (Å²) in [4.78, 5) is 35.6. The Morgan fingerprint density at radius 1 is 1.00 bits per heavy atom. The standard InChI is InChI=1S/C21H23NO6/c1-4-26-18-10-5-6-11-19(18)27-13-20(24)28-15(3)21(25)22-17-9-7-8-16(12-17)14(2)23/h5-12,15H,4,13H2,1-3H3,(H,22,25).